The second-order valence-electron chi connectivity index (χ2n) is 6.01. The third kappa shape index (κ3) is 3.28. The van der Waals surface area contributed by atoms with Crippen molar-refractivity contribution in [1.29, 1.82) is 0 Å². The van der Waals surface area contributed by atoms with Crippen LogP contribution in [0.1, 0.15) is 37.8 Å². The first-order valence-corrected chi connectivity index (χ1v) is 8.32. The maximum Gasteiger partial charge on any atom is 0.0355 e. The van der Waals surface area contributed by atoms with Gasteiger partial charge in [-0.25, -0.2) is 0 Å². The lowest BCUT2D eigenvalue weighted by Gasteiger charge is -2.36. The summed E-state index contributed by atoms with van der Waals surface area (Å²) in [5, 5.41) is 6.27. The van der Waals surface area contributed by atoms with Gasteiger partial charge < -0.3 is 5.32 Å². The fraction of sp³-hybridized carbons (Fsp3) is 0.474. The monoisotopic (exact) mass is 282 g/mol. The van der Waals surface area contributed by atoms with Crippen molar-refractivity contribution in [2.45, 2.75) is 32.2 Å². The van der Waals surface area contributed by atoms with E-state index in [-0.39, 0.29) is 0 Å². The van der Waals surface area contributed by atoms with Crippen molar-refractivity contribution in [2.75, 3.05) is 26.2 Å². The Kier molecular flexibility index (Phi) is 4.89. The number of nitrogens with one attached hydrogen (secondary N) is 1. The fourth-order valence-electron chi connectivity index (χ4n) is 3.47. The third-order valence-electron chi connectivity index (χ3n) is 4.61. The quantitative estimate of drug-likeness (QED) is 0.892. The molecular weight excluding hydrogens is 256 g/mol. The zero-order valence-electron chi connectivity index (χ0n) is 13.0. The number of benzene rings is 2. The van der Waals surface area contributed by atoms with E-state index in [1.165, 1.54) is 35.6 Å². The van der Waals surface area contributed by atoms with Crippen LogP contribution in [0.15, 0.2) is 42.5 Å². The van der Waals surface area contributed by atoms with Gasteiger partial charge in [-0.1, -0.05) is 62.2 Å². The van der Waals surface area contributed by atoms with Crippen LogP contribution < -0.4 is 5.32 Å². The average Bonchev–Trinajstić information content (AvgIpc) is 2.56. The lowest BCUT2D eigenvalue weighted by molar-refractivity contribution is 0.164. The highest BCUT2D eigenvalue weighted by Gasteiger charge is 2.22. The molecule has 0 saturated carbocycles. The summed E-state index contributed by atoms with van der Waals surface area (Å²) in [5.74, 6) is 0. The predicted octanol–water partition coefficient (Wildman–Crippen LogP) is 3.98. The van der Waals surface area contributed by atoms with E-state index in [2.05, 4.69) is 59.6 Å². The zero-order valence-corrected chi connectivity index (χ0v) is 13.0. The van der Waals surface area contributed by atoms with Crippen LogP contribution in [0.4, 0.5) is 0 Å². The molecule has 0 radical (unpaired) electrons. The Hall–Kier alpha value is -1.38. The van der Waals surface area contributed by atoms with Crippen LogP contribution in [-0.2, 0) is 0 Å². The van der Waals surface area contributed by atoms with Crippen molar-refractivity contribution in [2.24, 2.45) is 0 Å². The second-order valence-corrected chi connectivity index (χ2v) is 6.01. The first kappa shape index (κ1) is 14.6. The van der Waals surface area contributed by atoms with Crippen LogP contribution >= 0.6 is 0 Å². The molecule has 1 heterocycles. The van der Waals surface area contributed by atoms with Crippen molar-refractivity contribution in [3.8, 4) is 0 Å². The van der Waals surface area contributed by atoms with E-state index in [0.717, 1.165) is 26.2 Å². The number of rotatable bonds is 5. The Morgan fingerprint density at radius 1 is 1.05 bits per heavy atom. The molecule has 21 heavy (non-hydrogen) atoms. The van der Waals surface area contributed by atoms with Gasteiger partial charge in [0.1, 0.15) is 0 Å². The van der Waals surface area contributed by atoms with Crippen LogP contribution in [0.25, 0.3) is 10.8 Å². The van der Waals surface area contributed by atoms with Gasteiger partial charge in [-0.15, -0.1) is 0 Å². The molecule has 0 bridgehead atoms. The Balaban J connectivity index is 1.96. The molecule has 1 N–H and O–H groups in total. The zero-order chi connectivity index (χ0) is 14.5. The SMILES string of the molecule is CCCC[C@@H](c1cccc2ccccc12)N1CCNCC1. The number of hydrogen-bond donors (Lipinski definition) is 1. The van der Waals surface area contributed by atoms with E-state index in [1.54, 1.807) is 0 Å². The highest BCUT2D eigenvalue weighted by atomic mass is 15.2. The Labute approximate surface area is 128 Å². The van der Waals surface area contributed by atoms with E-state index >= 15 is 0 Å². The van der Waals surface area contributed by atoms with Crippen molar-refractivity contribution in [1.82, 2.24) is 10.2 Å². The minimum atomic E-state index is 0.568. The summed E-state index contributed by atoms with van der Waals surface area (Å²) in [6.45, 7) is 6.86. The van der Waals surface area contributed by atoms with Gasteiger partial charge in [0.05, 0.1) is 0 Å². The molecular formula is C19H26N2. The van der Waals surface area contributed by atoms with Gasteiger partial charge in [0.25, 0.3) is 0 Å². The minimum absolute atomic E-state index is 0.568. The highest BCUT2D eigenvalue weighted by molar-refractivity contribution is 5.86. The van der Waals surface area contributed by atoms with Crippen molar-refractivity contribution in [3.05, 3.63) is 48.0 Å². The molecule has 1 saturated heterocycles. The van der Waals surface area contributed by atoms with Crippen LogP contribution in [-0.4, -0.2) is 31.1 Å². The Morgan fingerprint density at radius 3 is 2.62 bits per heavy atom. The van der Waals surface area contributed by atoms with Gasteiger partial charge >= 0.3 is 0 Å². The predicted molar refractivity (Wildman–Crippen MR) is 90.7 cm³/mol. The summed E-state index contributed by atoms with van der Waals surface area (Å²) >= 11 is 0. The maximum atomic E-state index is 3.47. The molecule has 1 aliphatic heterocycles. The summed E-state index contributed by atoms with van der Waals surface area (Å²) in [6.07, 6.45) is 3.84. The Morgan fingerprint density at radius 2 is 1.81 bits per heavy atom. The summed E-state index contributed by atoms with van der Waals surface area (Å²) in [5.41, 5.74) is 1.52. The molecule has 3 rings (SSSR count). The smallest absolute Gasteiger partial charge is 0.0355 e. The molecule has 0 spiro atoms. The molecule has 0 unspecified atom stereocenters. The molecule has 2 heteroatoms. The van der Waals surface area contributed by atoms with E-state index in [1.807, 2.05) is 0 Å². The van der Waals surface area contributed by atoms with Gasteiger partial charge in [-0.3, -0.25) is 4.90 Å². The number of unbranched alkanes of at least 4 members (excludes halogenated alkanes) is 1. The number of fused-ring (bicyclic) bond motifs is 1. The lowest BCUT2D eigenvalue weighted by Crippen LogP contribution is -2.45. The lowest BCUT2D eigenvalue weighted by atomic mass is 9.93. The molecule has 0 aromatic heterocycles. The summed E-state index contributed by atoms with van der Waals surface area (Å²) in [7, 11) is 0. The molecule has 2 aromatic rings. The summed E-state index contributed by atoms with van der Waals surface area (Å²) in [6, 6.07) is 16.2. The van der Waals surface area contributed by atoms with Gasteiger partial charge in [-0.2, -0.15) is 0 Å². The molecule has 112 valence electrons. The van der Waals surface area contributed by atoms with Gasteiger partial charge in [0.15, 0.2) is 0 Å². The molecule has 1 atom stereocenters. The van der Waals surface area contributed by atoms with Gasteiger partial charge in [-0.05, 0) is 22.8 Å². The first-order valence-electron chi connectivity index (χ1n) is 8.32. The molecule has 2 aromatic carbocycles. The van der Waals surface area contributed by atoms with Crippen molar-refractivity contribution >= 4 is 10.8 Å². The number of nitrogens with zero attached hydrogens (tertiary/aromatic N) is 1. The Bertz CT molecular complexity index is 567. The average molecular weight is 282 g/mol. The van der Waals surface area contributed by atoms with Crippen LogP contribution in [0.2, 0.25) is 0 Å². The topological polar surface area (TPSA) is 15.3 Å². The summed E-state index contributed by atoms with van der Waals surface area (Å²) < 4.78 is 0. The van der Waals surface area contributed by atoms with E-state index < -0.39 is 0 Å². The van der Waals surface area contributed by atoms with Crippen LogP contribution in [0, 0.1) is 0 Å². The van der Waals surface area contributed by atoms with Gasteiger partial charge in [0.2, 0.25) is 0 Å². The fourth-order valence-corrected chi connectivity index (χ4v) is 3.47. The third-order valence-corrected chi connectivity index (χ3v) is 4.61. The normalized spacial score (nSPS) is 18.0. The number of piperazine rings is 1. The molecule has 0 aliphatic carbocycles. The maximum absolute atomic E-state index is 3.47. The first-order chi connectivity index (χ1) is 10.4. The molecule has 2 nitrogen and oxygen atoms in total. The van der Waals surface area contributed by atoms with Crippen LogP contribution in [0.3, 0.4) is 0 Å². The van der Waals surface area contributed by atoms with Gasteiger partial charge in [0, 0.05) is 32.2 Å². The summed E-state index contributed by atoms with van der Waals surface area (Å²) in [4.78, 5) is 2.67. The molecule has 0 amide bonds. The van der Waals surface area contributed by atoms with Crippen LogP contribution in [0.5, 0.6) is 0 Å². The standard InChI is InChI=1S/C19H26N2/c1-2-3-11-19(21-14-12-20-13-15-21)18-10-6-8-16-7-4-5-9-17(16)18/h4-10,19-20H,2-3,11-15H2,1H3/t19-/m0/s1. The highest BCUT2D eigenvalue weighted by Crippen LogP contribution is 2.32. The molecule has 1 aliphatic rings. The number of hydrogen-bond acceptors (Lipinski definition) is 2. The molecule has 1 fully saturated rings. The van der Waals surface area contributed by atoms with E-state index in [9.17, 15) is 0 Å². The van der Waals surface area contributed by atoms with E-state index in [0.29, 0.717) is 6.04 Å². The van der Waals surface area contributed by atoms with E-state index in [4.69, 9.17) is 0 Å². The van der Waals surface area contributed by atoms with Crippen molar-refractivity contribution in [3.63, 3.8) is 0 Å². The van der Waals surface area contributed by atoms with Crippen molar-refractivity contribution < 1.29 is 0 Å². The second kappa shape index (κ2) is 7.06. The largest absolute Gasteiger partial charge is 0.314 e. The minimum Gasteiger partial charge on any atom is -0.314 e.